The summed E-state index contributed by atoms with van der Waals surface area (Å²) in [5.74, 6) is -1.24. The van der Waals surface area contributed by atoms with Crippen LogP contribution in [-0.4, -0.2) is 69.2 Å². The summed E-state index contributed by atoms with van der Waals surface area (Å²) in [6.45, 7) is 10.5. The van der Waals surface area contributed by atoms with Crippen molar-refractivity contribution in [2.75, 3.05) is 26.2 Å². The number of aryl methyl sites for hydroxylation is 2. The molecular formula is C36H50ClN3O4. The Morgan fingerprint density at radius 2 is 1.57 bits per heavy atom. The summed E-state index contributed by atoms with van der Waals surface area (Å²) in [5, 5.41) is 9.56. The monoisotopic (exact) mass is 623 g/mol. The maximum atomic E-state index is 14.1. The topological polar surface area (TPSA) is 82.3 Å². The van der Waals surface area contributed by atoms with Gasteiger partial charge in [-0.15, -0.1) is 12.4 Å². The fraction of sp³-hybridized carbons (Fsp3) is 0.528. The molecule has 1 saturated heterocycles. The number of rotatable bonds is 17. The lowest BCUT2D eigenvalue weighted by molar-refractivity contribution is -0.141. The Balaban J connectivity index is 0.00000529. The first kappa shape index (κ1) is 35.3. The molecule has 1 aromatic carbocycles. The quantitative estimate of drug-likeness (QED) is 0.158. The van der Waals surface area contributed by atoms with Gasteiger partial charge < -0.3 is 19.3 Å². The number of aromatic nitrogens is 1. The summed E-state index contributed by atoms with van der Waals surface area (Å²) in [4.78, 5) is 43.0. The zero-order valence-electron chi connectivity index (χ0n) is 26.7. The van der Waals surface area contributed by atoms with E-state index in [0.29, 0.717) is 36.2 Å². The molecule has 1 aliphatic heterocycles. The van der Waals surface area contributed by atoms with Gasteiger partial charge in [0.05, 0.1) is 5.69 Å². The van der Waals surface area contributed by atoms with Crippen LogP contribution in [0.2, 0.25) is 0 Å². The Morgan fingerprint density at radius 1 is 0.864 bits per heavy atom. The number of aliphatic carboxylic acids is 1. The molecular weight excluding hydrogens is 574 g/mol. The van der Waals surface area contributed by atoms with Gasteiger partial charge in [0, 0.05) is 29.4 Å². The number of hydrogen-bond donors (Lipinski definition) is 1. The molecule has 3 aromatic rings. The number of hydrogen-bond acceptors (Lipinski definition) is 4. The van der Waals surface area contributed by atoms with Gasteiger partial charge in [-0.05, 0) is 106 Å². The van der Waals surface area contributed by atoms with Crippen LogP contribution in [0.25, 0.3) is 5.52 Å². The fourth-order valence-electron chi connectivity index (χ4n) is 6.22. The van der Waals surface area contributed by atoms with Crippen LogP contribution in [0.1, 0.15) is 116 Å². The predicted octanol–water partition coefficient (Wildman–Crippen LogP) is 7.46. The number of likely N-dealkylation sites (tertiary alicyclic amines) is 1. The molecule has 0 unspecified atom stereocenters. The number of ketones is 1. The number of carbonyl (C=O) groups excluding carboxylic acids is 2. The first-order chi connectivity index (χ1) is 20.9. The van der Waals surface area contributed by atoms with E-state index >= 15 is 0 Å². The molecule has 4 rings (SSSR count). The second-order valence-electron chi connectivity index (χ2n) is 12.0. The second kappa shape index (κ2) is 17.4. The van der Waals surface area contributed by atoms with Crippen LogP contribution < -0.4 is 0 Å². The van der Waals surface area contributed by atoms with Crippen LogP contribution in [0.15, 0.2) is 48.7 Å². The van der Waals surface area contributed by atoms with Gasteiger partial charge in [-0.25, -0.2) is 4.79 Å². The molecule has 1 fully saturated rings. The van der Waals surface area contributed by atoms with E-state index in [1.807, 2.05) is 28.7 Å². The molecule has 1 N–H and O–H groups in total. The SMILES string of the molecule is CCCCc1cc2cc(C(=O)N3CCC[C@@H]3C(=O)O)ccn2c1C(=O)c1cccc(CCCN(CCCC)CCCC)c1.Cl. The van der Waals surface area contributed by atoms with Gasteiger partial charge in [0.2, 0.25) is 5.78 Å². The van der Waals surface area contributed by atoms with E-state index in [2.05, 4.69) is 31.7 Å². The molecule has 0 bridgehead atoms. The van der Waals surface area contributed by atoms with Gasteiger partial charge in [0.15, 0.2) is 0 Å². The minimum atomic E-state index is -0.961. The van der Waals surface area contributed by atoms with Crippen molar-refractivity contribution in [1.29, 1.82) is 0 Å². The van der Waals surface area contributed by atoms with Crippen LogP contribution in [0.4, 0.5) is 0 Å². The van der Waals surface area contributed by atoms with Crippen molar-refractivity contribution >= 4 is 35.6 Å². The van der Waals surface area contributed by atoms with E-state index in [-0.39, 0.29) is 24.1 Å². The lowest BCUT2D eigenvalue weighted by Gasteiger charge is -2.22. The third-order valence-electron chi connectivity index (χ3n) is 8.70. The van der Waals surface area contributed by atoms with E-state index in [9.17, 15) is 19.5 Å². The highest BCUT2D eigenvalue weighted by molar-refractivity contribution is 6.10. The van der Waals surface area contributed by atoms with E-state index < -0.39 is 12.0 Å². The number of carboxylic acid groups (broad SMARTS) is 1. The molecule has 2 aromatic heterocycles. The molecule has 1 atom stereocenters. The zero-order chi connectivity index (χ0) is 30.8. The van der Waals surface area contributed by atoms with Crippen molar-refractivity contribution in [3.05, 3.63) is 76.6 Å². The van der Waals surface area contributed by atoms with Crippen LogP contribution in [0, 0.1) is 0 Å². The van der Waals surface area contributed by atoms with E-state index in [1.165, 1.54) is 36.1 Å². The van der Waals surface area contributed by atoms with Crippen molar-refractivity contribution in [2.45, 2.75) is 97.4 Å². The van der Waals surface area contributed by atoms with Gasteiger partial charge in [-0.2, -0.15) is 0 Å². The Morgan fingerprint density at radius 3 is 2.25 bits per heavy atom. The van der Waals surface area contributed by atoms with Gasteiger partial charge in [0.25, 0.3) is 5.91 Å². The Labute approximate surface area is 269 Å². The molecule has 0 radical (unpaired) electrons. The highest BCUT2D eigenvalue weighted by atomic mass is 35.5. The van der Waals surface area contributed by atoms with Crippen molar-refractivity contribution in [1.82, 2.24) is 14.2 Å². The first-order valence-electron chi connectivity index (χ1n) is 16.4. The van der Waals surface area contributed by atoms with Crippen LogP contribution >= 0.6 is 12.4 Å². The van der Waals surface area contributed by atoms with E-state index in [0.717, 1.165) is 62.8 Å². The van der Waals surface area contributed by atoms with Crippen LogP contribution in [-0.2, 0) is 17.6 Å². The second-order valence-corrected chi connectivity index (χ2v) is 12.0. The Hall–Kier alpha value is -3.16. The molecule has 240 valence electrons. The van der Waals surface area contributed by atoms with Crippen molar-refractivity contribution < 1.29 is 19.5 Å². The number of carboxylic acids is 1. The third kappa shape index (κ3) is 8.72. The van der Waals surface area contributed by atoms with Crippen molar-refractivity contribution in [3.8, 4) is 0 Å². The fourth-order valence-corrected chi connectivity index (χ4v) is 6.22. The Bertz CT molecular complexity index is 1390. The highest BCUT2D eigenvalue weighted by Gasteiger charge is 2.34. The number of nitrogens with zero attached hydrogens (tertiary/aromatic N) is 3. The minimum absolute atomic E-state index is 0. The Kier molecular flexibility index (Phi) is 13.9. The summed E-state index contributed by atoms with van der Waals surface area (Å²) < 4.78 is 1.90. The molecule has 0 saturated carbocycles. The number of amides is 1. The lowest BCUT2D eigenvalue weighted by atomic mass is 9.99. The smallest absolute Gasteiger partial charge is 0.326 e. The zero-order valence-corrected chi connectivity index (χ0v) is 27.5. The van der Waals surface area contributed by atoms with E-state index in [4.69, 9.17) is 0 Å². The average Bonchev–Trinajstić information content (AvgIpc) is 3.65. The standard InChI is InChI=1S/C36H49N3O4.ClH/c1-4-7-15-28-25-31-26-30(35(41)39-22-12-17-32(39)36(42)43)18-23-38(31)33(28)34(40)29-16-10-13-27(24-29)14-11-21-37(19-8-5-2)20-9-6-3;/h10,13,16,18,23-26,32H,4-9,11-12,14-15,17,19-22H2,1-3H3,(H,42,43);1H/t32-;/m1./s1. The van der Waals surface area contributed by atoms with Crippen LogP contribution in [0.5, 0.6) is 0 Å². The molecule has 3 heterocycles. The molecule has 7 nitrogen and oxygen atoms in total. The third-order valence-corrected chi connectivity index (χ3v) is 8.70. The molecule has 44 heavy (non-hydrogen) atoms. The molecule has 8 heteroatoms. The first-order valence-corrected chi connectivity index (χ1v) is 16.4. The molecule has 0 aliphatic carbocycles. The summed E-state index contributed by atoms with van der Waals surface area (Å²) in [5.41, 5.74) is 4.73. The summed E-state index contributed by atoms with van der Waals surface area (Å²) >= 11 is 0. The predicted molar refractivity (Wildman–Crippen MR) is 179 cm³/mol. The number of pyridine rings is 1. The minimum Gasteiger partial charge on any atom is -0.480 e. The van der Waals surface area contributed by atoms with Gasteiger partial charge in [0.1, 0.15) is 6.04 Å². The average molecular weight is 624 g/mol. The van der Waals surface area contributed by atoms with E-state index in [1.54, 1.807) is 18.3 Å². The largest absolute Gasteiger partial charge is 0.480 e. The van der Waals surface area contributed by atoms with Crippen LogP contribution in [0.3, 0.4) is 0 Å². The number of carbonyl (C=O) groups is 3. The van der Waals surface area contributed by atoms with Gasteiger partial charge in [-0.3, -0.25) is 9.59 Å². The maximum absolute atomic E-state index is 14.1. The highest BCUT2D eigenvalue weighted by Crippen LogP contribution is 2.26. The summed E-state index contributed by atoms with van der Waals surface area (Å²) in [7, 11) is 0. The summed E-state index contributed by atoms with van der Waals surface area (Å²) in [6.07, 6.45) is 12.6. The van der Waals surface area contributed by atoms with Gasteiger partial charge >= 0.3 is 5.97 Å². The number of unbranched alkanes of at least 4 members (excludes halogenated alkanes) is 3. The number of benzene rings is 1. The maximum Gasteiger partial charge on any atom is 0.326 e. The van der Waals surface area contributed by atoms with Gasteiger partial charge in [-0.1, -0.05) is 58.2 Å². The van der Waals surface area contributed by atoms with Crippen molar-refractivity contribution in [2.24, 2.45) is 0 Å². The number of halogens is 1. The molecule has 0 spiro atoms. The number of fused-ring (bicyclic) bond motifs is 1. The molecule has 1 amide bonds. The molecule has 1 aliphatic rings. The normalized spacial score (nSPS) is 14.7. The summed E-state index contributed by atoms with van der Waals surface area (Å²) in [6, 6.07) is 12.8. The lowest BCUT2D eigenvalue weighted by Crippen LogP contribution is -2.40. The van der Waals surface area contributed by atoms with Crippen molar-refractivity contribution in [3.63, 3.8) is 0 Å².